The van der Waals surface area contributed by atoms with E-state index in [0.29, 0.717) is 6.42 Å². The number of amides is 1. The molecular weight excluding hydrogens is 226 g/mol. The number of nitrogens with two attached hydrogens (primary N) is 1. The fourth-order valence-corrected chi connectivity index (χ4v) is 1.86. The molecule has 0 heterocycles. The van der Waals surface area contributed by atoms with E-state index < -0.39 is 0 Å². The highest BCUT2D eigenvalue weighted by molar-refractivity contribution is 5.75. The van der Waals surface area contributed by atoms with Crippen molar-refractivity contribution in [1.29, 1.82) is 0 Å². The lowest BCUT2D eigenvalue weighted by Crippen LogP contribution is -2.31. The molecule has 0 saturated heterocycles. The summed E-state index contributed by atoms with van der Waals surface area (Å²) in [5.74, 6) is 4.97. The summed E-state index contributed by atoms with van der Waals surface area (Å²) in [7, 11) is 0. The summed E-state index contributed by atoms with van der Waals surface area (Å²) in [6.07, 6.45) is 3.64. The minimum Gasteiger partial charge on any atom is -0.372 e. The molecule has 1 rings (SSSR count). The van der Waals surface area contributed by atoms with Crippen LogP contribution in [0.15, 0.2) is 30.3 Å². The Hall–Kier alpha value is -1.55. The summed E-state index contributed by atoms with van der Waals surface area (Å²) in [5.41, 5.74) is 3.39. The molecule has 4 heteroatoms. The second-order valence-corrected chi connectivity index (χ2v) is 4.35. The number of hydrogen-bond donors (Lipinski definition) is 2. The van der Waals surface area contributed by atoms with Gasteiger partial charge in [-0.3, -0.25) is 10.2 Å². The van der Waals surface area contributed by atoms with E-state index in [9.17, 15) is 4.79 Å². The Kier molecular flexibility index (Phi) is 6.87. The van der Waals surface area contributed by atoms with Crippen LogP contribution in [-0.2, 0) is 4.79 Å². The summed E-state index contributed by atoms with van der Waals surface area (Å²) in [4.78, 5) is 13.4. The lowest BCUT2D eigenvalue weighted by Gasteiger charge is -2.24. The van der Waals surface area contributed by atoms with Crippen molar-refractivity contribution in [3.63, 3.8) is 0 Å². The molecule has 0 unspecified atom stereocenters. The number of carbonyl (C=O) groups excluding carboxylic acids is 1. The Morgan fingerprint density at radius 1 is 1.22 bits per heavy atom. The predicted octanol–water partition coefficient (Wildman–Crippen LogP) is 2.06. The molecule has 0 spiro atoms. The number of unbranched alkanes of at least 4 members (excludes halogenated alkanes) is 1. The van der Waals surface area contributed by atoms with E-state index in [1.54, 1.807) is 0 Å². The Balaban J connectivity index is 2.48. The summed E-state index contributed by atoms with van der Waals surface area (Å²) in [6.45, 7) is 4.10. The number of nitrogens with zero attached hydrogens (tertiary/aromatic N) is 1. The fraction of sp³-hybridized carbons (Fsp3) is 0.500. The van der Waals surface area contributed by atoms with Gasteiger partial charge in [-0.2, -0.15) is 0 Å². The molecule has 4 nitrogen and oxygen atoms in total. The summed E-state index contributed by atoms with van der Waals surface area (Å²) < 4.78 is 0. The van der Waals surface area contributed by atoms with E-state index in [1.807, 2.05) is 18.2 Å². The van der Waals surface area contributed by atoms with Gasteiger partial charge in [-0.05, 0) is 25.0 Å². The van der Waals surface area contributed by atoms with Crippen molar-refractivity contribution in [3.8, 4) is 0 Å². The van der Waals surface area contributed by atoms with E-state index in [0.717, 1.165) is 25.9 Å². The van der Waals surface area contributed by atoms with Gasteiger partial charge in [0.15, 0.2) is 0 Å². The molecule has 0 atom stereocenters. The Morgan fingerprint density at radius 3 is 2.50 bits per heavy atom. The van der Waals surface area contributed by atoms with Crippen molar-refractivity contribution < 1.29 is 4.79 Å². The van der Waals surface area contributed by atoms with Crippen LogP contribution in [0.3, 0.4) is 0 Å². The predicted molar refractivity (Wildman–Crippen MR) is 75.1 cm³/mol. The van der Waals surface area contributed by atoms with Gasteiger partial charge in [-0.15, -0.1) is 0 Å². The third-order valence-corrected chi connectivity index (χ3v) is 2.90. The van der Waals surface area contributed by atoms with Gasteiger partial charge < -0.3 is 4.90 Å². The minimum absolute atomic E-state index is 0.0986. The third-order valence-electron chi connectivity index (χ3n) is 2.90. The maximum Gasteiger partial charge on any atom is 0.233 e. The second-order valence-electron chi connectivity index (χ2n) is 4.35. The topological polar surface area (TPSA) is 58.4 Å². The molecule has 0 fully saturated rings. The second kappa shape index (κ2) is 8.53. The standard InChI is InChI=1S/C14H23N3O/c1-2-3-11-17(12-7-10-14(18)16-15)13-8-5-4-6-9-13/h4-6,8-9H,2-3,7,10-12,15H2,1H3,(H,16,18). The molecule has 1 aromatic carbocycles. The van der Waals surface area contributed by atoms with Crippen molar-refractivity contribution in [2.45, 2.75) is 32.6 Å². The lowest BCUT2D eigenvalue weighted by atomic mass is 10.2. The quantitative estimate of drug-likeness (QED) is 0.421. The SMILES string of the molecule is CCCCN(CCCC(=O)NN)c1ccccc1. The van der Waals surface area contributed by atoms with Gasteiger partial charge in [0.2, 0.25) is 5.91 Å². The number of hydrogen-bond acceptors (Lipinski definition) is 3. The first-order valence-electron chi connectivity index (χ1n) is 6.57. The molecule has 0 aromatic heterocycles. The monoisotopic (exact) mass is 249 g/mol. The highest BCUT2D eigenvalue weighted by Gasteiger charge is 2.06. The average Bonchev–Trinajstić information content (AvgIpc) is 2.43. The maximum atomic E-state index is 11.1. The van der Waals surface area contributed by atoms with Gasteiger partial charge in [-0.1, -0.05) is 31.5 Å². The number of para-hydroxylation sites is 1. The van der Waals surface area contributed by atoms with Crippen LogP contribution < -0.4 is 16.2 Å². The number of benzene rings is 1. The van der Waals surface area contributed by atoms with Crippen LogP contribution in [0.2, 0.25) is 0 Å². The van der Waals surface area contributed by atoms with Crippen LogP contribution in [0.1, 0.15) is 32.6 Å². The first-order valence-corrected chi connectivity index (χ1v) is 6.57. The van der Waals surface area contributed by atoms with Crippen LogP contribution in [0, 0.1) is 0 Å². The molecule has 1 aromatic rings. The zero-order valence-corrected chi connectivity index (χ0v) is 11.1. The minimum atomic E-state index is -0.0986. The zero-order valence-electron chi connectivity index (χ0n) is 11.1. The van der Waals surface area contributed by atoms with Crippen molar-refractivity contribution >= 4 is 11.6 Å². The van der Waals surface area contributed by atoms with Crippen LogP contribution in [-0.4, -0.2) is 19.0 Å². The molecule has 0 bridgehead atoms. The zero-order chi connectivity index (χ0) is 13.2. The normalized spacial score (nSPS) is 10.1. The fourth-order valence-electron chi connectivity index (χ4n) is 1.86. The molecule has 3 N–H and O–H groups in total. The summed E-state index contributed by atoms with van der Waals surface area (Å²) in [6, 6.07) is 10.3. The van der Waals surface area contributed by atoms with Crippen LogP contribution in [0.25, 0.3) is 0 Å². The van der Waals surface area contributed by atoms with Crippen LogP contribution in [0.4, 0.5) is 5.69 Å². The number of rotatable bonds is 8. The molecule has 18 heavy (non-hydrogen) atoms. The smallest absolute Gasteiger partial charge is 0.233 e. The third kappa shape index (κ3) is 5.19. The molecule has 0 saturated carbocycles. The number of carbonyl (C=O) groups is 1. The Labute approximate surface area is 109 Å². The summed E-state index contributed by atoms with van der Waals surface area (Å²) in [5, 5.41) is 0. The van der Waals surface area contributed by atoms with Crippen molar-refractivity contribution in [2.24, 2.45) is 5.84 Å². The van der Waals surface area contributed by atoms with Gasteiger partial charge in [-0.25, -0.2) is 5.84 Å². The van der Waals surface area contributed by atoms with E-state index >= 15 is 0 Å². The van der Waals surface area contributed by atoms with Gasteiger partial charge in [0.25, 0.3) is 0 Å². The first-order chi connectivity index (χ1) is 8.77. The van der Waals surface area contributed by atoms with Crippen LogP contribution in [0.5, 0.6) is 0 Å². The van der Waals surface area contributed by atoms with Crippen molar-refractivity contribution in [3.05, 3.63) is 30.3 Å². The highest BCUT2D eigenvalue weighted by Crippen LogP contribution is 2.14. The average molecular weight is 249 g/mol. The molecule has 0 aliphatic heterocycles. The van der Waals surface area contributed by atoms with E-state index in [2.05, 4.69) is 29.4 Å². The Bertz CT molecular complexity index is 340. The largest absolute Gasteiger partial charge is 0.372 e. The van der Waals surface area contributed by atoms with Crippen molar-refractivity contribution in [2.75, 3.05) is 18.0 Å². The molecule has 0 radical (unpaired) electrons. The van der Waals surface area contributed by atoms with Gasteiger partial charge in [0.1, 0.15) is 0 Å². The molecule has 0 aliphatic rings. The number of hydrazine groups is 1. The van der Waals surface area contributed by atoms with E-state index in [4.69, 9.17) is 5.84 Å². The molecular formula is C14H23N3O. The number of nitrogens with one attached hydrogen (secondary N) is 1. The molecule has 1 amide bonds. The Morgan fingerprint density at radius 2 is 1.89 bits per heavy atom. The van der Waals surface area contributed by atoms with E-state index in [1.165, 1.54) is 12.1 Å². The number of anilines is 1. The van der Waals surface area contributed by atoms with Crippen LogP contribution >= 0.6 is 0 Å². The van der Waals surface area contributed by atoms with Gasteiger partial charge >= 0.3 is 0 Å². The van der Waals surface area contributed by atoms with E-state index in [-0.39, 0.29) is 5.91 Å². The lowest BCUT2D eigenvalue weighted by molar-refractivity contribution is -0.121. The first kappa shape index (κ1) is 14.5. The van der Waals surface area contributed by atoms with Gasteiger partial charge in [0.05, 0.1) is 0 Å². The highest BCUT2D eigenvalue weighted by atomic mass is 16.2. The molecule has 0 aliphatic carbocycles. The van der Waals surface area contributed by atoms with Crippen molar-refractivity contribution in [1.82, 2.24) is 5.43 Å². The van der Waals surface area contributed by atoms with Gasteiger partial charge in [0, 0.05) is 25.2 Å². The summed E-state index contributed by atoms with van der Waals surface area (Å²) >= 11 is 0. The maximum absolute atomic E-state index is 11.1. The molecule has 100 valence electrons.